The second kappa shape index (κ2) is 3.34. The molecular weight excluding hydrogens is 156 g/mol. The summed E-state index contributed by atoms with van der Waals surface area (Å²) < 4.78 is 0. The van der Waals surface area contributed by atoms with Gasteiger partial charge in [0.05, 0.1) is 0 Å². The molecule has 0 unspecified atom stereocenters. The first kappa shape index (κ1) is 8.71. The van der Waals surface area contributed by atoms with Gasteiger partial charge in [-0.05, 0) is 25.4 Å². The third-order valence-electron chi connectivity index (χ3n) is 1.77. The molecule has 0 saturated carbocycles. The minimum Gasteiger partial charge on any atom is -0.411 e. The van der Waals surface area contributed by atoms with Gasteiger partial charge in [-0.3, -0.25) is 0 Å². The van der Waals surface area contributed by atoms with Gasteiger partial charge in [0, 0.05) is 0 Å². The summed E-state index contributed by atoms with van der Waals surface area (Å²) in [6.07, 6.45) is 7.99. The fraction of sp³-hybridized carbons (Fsp3) is 0.500. The lowest BCUT2D eigenvalue weighted by Crippen LogP contribution is -2.29. The first-order chi connectivity index (χ1) is 5.08. The van der Waals surface area contributed by atoms with E-state index in [2.05, 4.69) is 12.2 Å². The third-order valence-corrected chi connectivity index (χ3v) is 2.96. The lowest BCUT2D eigenvalue weighted by molar-refractivity contribution is 0.369. The molecular formula is C8H14O2Si. The molecule has 0 aromatic rings. The van der Waals surface area contributed by atoms with E-state index in [1.165, 1.54) is 5.57 Å². The Balaban J connectivity index is 2.23. The van der Waals surface area contributed by atoms with E-state index in [-0.39, 0.29) is 0 Å². The number of allylic oxidation sites excluding steroid dienone is 4. The number of rotatable bonds is 3. The predicted octanol–water partition coefficient (Wildman–Crippen LogP) is 1.32. The molecule has 2 N–H and O–H groups in total. The lowest BCUT2D eigenvalue weighted by atomic mass is 10.2. The minimum absolute atomic E-state index is 0.556. The van der Waals surface area contributed by atoms with Gasteiger partial charge in [0.2, 0.25) is 0 Å². The summed E-state index contributed by atoms with van der Waals surface area (Å²) >= 11 is 0. The van der Waals surface area contributed by atoms with Crippen molar-refractivity contribution in [2.45, 2.75) is 25.4 Å². The Morgan fingerprint density at radius 2 is 2.27 bits per heavy atom. The first-order valence-electron chi connectivity index (χ1n) is 3.87. The van der Waals surface area contributed by atoms with Crippen molar-refractivity contribution in [3.8, 4) is 0 Å². The fourth-order valence-corrected chi connectivity index (χ4v) is 1.87. The maximum atomic E-state index is 9.12. The second-order valence-electron chi connectivity index (χ2n) is 3.17. The molecule has 1 rings (SSSR count). The number of hydrogen-bond donors (Lipinski definition) is 2. The van der Waals surface area contributed by atoms with Gasteiger partial charge in [-0.2, -0.15) is 0 Å². The summed E-state index contributed by atoms with van der Waals surface area (Å²) in [5.41, 5.74) is 1.31. The molecule has 0 aromatic heterocycles. The SMILES string of the molecule is C[Si](O)(O)CCC1=CC=CC1. The molecule has 0 spiro atoms. The van der Waals surface area contributed by atoms with Gasteiger partial charge in [-0.15, -0.1) is 0 Å². The van der Waals surface area contributed by atoms with Crippen LogP contribution >= 0.6 is 0 Å². The Hall–Kier alpha value is -0.383. The molecule has 0 heterocycles. The summed E-state index contributed by atoms with van der Waals surface area (Å²) in [6, 6.07) is 0.556. The first-order valence-corrected chi connectivity index (χ1v) is 6.47. The van der Waals surface area contributed by atoms with Gasteiger partial charge in [-0.25, -0.2) is 0 Å². The van der Waals surface area contributed by atoms with Gasteiger partial charge >= 0.3 is 8.56 Å². The van der Waals surface area contributed by atoms with Crippen molar-refractivity contribution >= 4 is 8.56 Å². The smallest absolute Gasteiger partial charge is 0.329 e. The van der Waals surface area contributed by atoms with E-state index in [4.69, 9.17) is 9.59 Å². The fourth-order valence-electron chi connectivity index (χ4n) is 1.07. The van der Waals surface area contributed by atoms with E-state index in [1.54, 1.807) is 6.55 Å². The normalized spacial score (nSPS) is 17.2. The zero-order valence-electron chi connectivity index (χ0n) is 6.75. The average molecular weight is 170 g/mol. The van der Waals surface area contributed by atoms with Crippen molar-refractivity contribution in [3.05, 3.63) is 23.8 Å². The van der Waals surface area contributed by atoms with Crippen LogP contribution in [0.3, 0.4) is 0 Å². The molecule has 0 atom stereocenters. The van der Waals surface area contributed by atoms with Crippen LogP contribution in [0.1, 0.15) is 12.8 Å². The molecule has 1 aliphatic carbocycles. The van der Waals surface area contributed by atoms with Crippen LogP contribution in [-0.2, 0) is 0 Å². The van der Waals surface area contributed by atoms with Gasteiger partial charge in [0.25, 0.3) is 0 Å². The monoisotopic (exact) mass is 170 g/mol. The van der Waals surface area contributed by atoms with Gasteiger partial charge < -0.3 is 9.59 Å². The van der Waals surface area contributed by atoms with Crippen molar-refractivity contribution in [1.82, 2.24) is 0 Å². The number of hydrogen-bond acceptors (Lipinski definition) is 2. The van der Waals surface area contributed by atoms with Crippen LogP contribution in [0, 0.1) is 0 Å². The molecule has 0 amide bonds. The molecule has 11 heavy (non-hydrogen) atoms. The molecule has 62 valence electrons. The maximum absolute atomic E-state index is 9.12. The van der Waals surface area contributed by atoms with E-state index in [0.717, 1.165) is 12.8 Å². The Morgan fingerprint density at radius 1 is 1.55 bits per heavy atom. The van der Waals surface area contributed by atoms with Crippen LogP contribution in [-0.4, -0.2) is 18.2 Å². The Morgan fingerprint density at radius 3 is 2.73 bits per heavy atom. The van der Waals surface area contributed by atoms with E-state index in [0.29, 0.717) is 6.04 Å². The van der Waals surface area contributed by atoms with Crippen LogP contribution in [0.4, 0.5) is 0 Å². The zero-order chi connectivity index (χ0) is 8.32. The summed E-state index contributed by atoms with van der Waals surface area (Å²) in [6.45, 7) is 1.55. The molecule has 1 aliphatic rings. The van der Waals surface area contributed by atoms with Gasteiger partial charge in [-0.1, -0.05) is 23.8 Å². The molecule has 3 heteroatoms. The standard InChI is InChI=1S/C8H14O2Si/c1-11(9,10)7-6-8-4-2-3-5-8/h2-4,9-10H,5-7H2,1H3. The molecule has 0 aromatic carbocycles. The van der Waals surface area contributed by atoms with E-state index in [1.807, 2.05) is 6.08 Å². The predicted molar refractivity (Wildman–Crippen MR) is 47.3 cm³/mol. The third kappa shape index (κ3) is 3.50. The highest BCUT2D eigenvalue weighted by atomic mass is 28.4. The second-order valence-corrected chi connectivity index (χ2v) is 6.11. The quantitative estimate of drug-likeness (QED) is 0.627. The maximum Gasteiger partial charge on any atom is 0.329 e. The van der Waals surface area contributed by atoms with E-state index in [9.17, 15) is 0 Å². The average Bonchev–Trinajstić information content (AvgIpc) is 2.32. The molecule has 0 radical (unpaired) electrons. The van der Waals surface area contributed by atoms with Crippen LogP contribution in [0.15, 0.2) is 23.8 Å². The largest absolute Gasteiger partial charge is 0.411 e. The van der Waals surface area contributed by atoms with Crippen molar-refractivity contribution in [3.63, 3.8) is 0 Å². The molecule has 0 fully saturated rings. The van der Waals surface area contributed by atoms with Crippen molar-refractivity contribution < 1.29 is 9.59 Å². The van der Waals surface area contributed by atoms with Crippen molar-refractivity contribution in [2.75, 3.05) is 0 Å². The lowest BCUT2D eigenvalue weighted by Gasteiger charge is -2.11. The van der Waals surface area contributed by atoms with Crippen LogP contribution in [0.2, 0.25) is 12.6 Å². The van der Waals surface area contributed by atoms with Crippen molar-refractivity contribution in [1.29, 1.82) is 0 Å². The van der Waals surface area contributed by atoms with Crippen LogP contribution < -0.4 is 0 Å². The van der Waals surface area contributed by atoms with Crippen LogP contribution in [0.5, 0.6) is 0 Å². The molecule has 0 bridgehead atoms. The highest BCUT2D eigenvalue weighted by Crippen LogP contribution is 2.19. The summed E-state index contributed by atoms with van der Waals surface area (Å²) in [5.74, 6) is 0. The van der Waals surface area contributed by atoms with E-state index >= 15 is 0 Å². The summed E-state index contributed by atoms with van der Waals surface area (Å²) in [5, 5.41) is 0. The Kier molecular flexibility index (Phi) is 2.65. The topological polar surface area (TPSA) is 40.5 Å². The van der Waals surface area contributed by atoms with E-state index < -0.39 is 8.56 Å². The minimum atomic E-state index is -2.79. The van der Waals surface area contributed by atoms with Gasteiger partial charge in [0.1, 0.15) is 0 Å². The molecule has 0 saturated heterocycles. The Labute approximate surface area is 68.1 Å². The molecule has 0 aliphatic heterocycles. The highest BCUT2D eigenvalue weighted by Gasteiger charge is 2.20. The summed E-state index contributed by atoms with van der Waals surface area (Å²) in [7, 11) is -2.79. The Bertz CT molecular complexity index is 189. The highest BCUT2D eigenvalue weighted by molar-refractivity contribution is 6.63. The summed E-state index contributed by atoms with van der Waals surface area (Å²) in [4.78, 5) is 18.2. The molecule has 2 nitrogen and oxygen atoms in total. The zero-order valence-corrected chi connectivity index (χ0v) is 7.75. The van der Waals surface area contributed by atoms with Crippen molar-refractivity contribution in [2.24, 2.45) is 0 Å². The van der Waals surface area contributed by atoms with Gasteiger partial charge in [0.15, 0.2) is 0 Å². The van der Waals surface area contributed by atoms with Crippen LogP contribution in [0.25, 0.3) is 0 Å².